The second-order valence-corrected chi connectivity index (χ2v) is 12.8. The fourth-order valence-corrected chi connectivity index (χ4v) is 5.86. The zero-order valence-corrected chi connectivity index (χ0v) is 27.2. The predicted octanol–water partition coefficient (Wildman–Crippen LogP) is 5.30. The molecule has 0 saturated carbocycles. The number of rotatable bonds is 13. The summed E-state index contributed by atoms with van der Waals surface area (Å²) in [4.78, 5) is 28.8. The number of carbonyl (C=O) groups is 2. The van der Waals surface area contributed by atoms with Crippen molar-refractivity contribution in [3.63, 3.8) is 0 Å². The number of hydrogen-bond acceptors (Lipinski definition) is 6. The van der Waals surface area contributed by atoms with Crippen molar-refractivity contribution in [1.82, 2.24) is 10.2 Å². The van der Waals surface area contributed by atoms with E-state index in [1.54, 1.807) is 31.2 Å². The van der Waals surface area contributed by atoms with Crippen LogP contribution in [0.2, 0.25) is 0 Å². The van der Waals surface area contributed by atoms with Crippen molar-refractivity contribution in [2.75, 3.05) is 25.1 Å². The molecule has 0 radical (unpaired) electrons. The maximum Gasteiger partial charge on any atom is 0.264 e. The molecule has 226 valence electrons. The van der Waals surface area contributed by atoms with E-state index in [0.29, 0.717) is 5.75 Å². The van der Waals surface area contributed by atoms with Gasteiger partial charge in [-0.3, -0.25) is 13.9 Å². The van der Waals surface area contributed by atoms with Crippen LogP contribution < -0.4 is 19.1 Å². The van der Waals surface area contributed by atoms with Crippen LogP contribution in [0.15, 0.2) is 76.1 Å². The summed E-state index contributed by atoms with van der Waals surface area (Å²) in [6, 6.07) is 17.5. The van der Waals surface area contributed by atoms with Crippen LogP contribution in [0.5, 0.6) is 11.5 Å². The summed E-state index contributed by atoms with van der Waals surface area (Å²) in [6.45, 7) is 6.84. The minimum Gasteiger partial charge on any atom is -0.497 e. The molecule has 0 aliphatic carbocycles. The lowest BCUT2D eigenvalue weighted by atomic mass is 10.1. The number of aryl methyl sites for hydroxylation is 1. The summed E-state index contributed by atoms with van der Waals surface area (Å²) < 4.78 is 41.0. The highest BCUT2D eigenvalue weighted by Crippen LogP contribution is 2.36. The number of sulfonamides is 1. The molecule has 0 saturated heterocycles. The standard InChI is InChI=1S/C31H38BrN3O6S/c1-7-22(3)33-31(37)23(4)34(19-24-10-12-25(32)13-11-24)30(36)20-35(28-18-26(40-5)14-17-29(28)41-6)42(38,39)27-15-8-21(2)9-16-27/h8-18,22-23H,7,19-20H2,1-6H3,(H,33,37)/t22-,23+/m0/s1. The predicted molar refractivity (Wildman–Crippen MR) is 167 cm³/mol. The maximum absolute atomic E-state index is 14.1. The summed E-state index contributed by atoms with van der Waals surface area (Å²) in [5, 5.41) is 2.93. The van der Waals surface area contributed by atoms with Crippen molar-refractivity contribution in [2.45, 2.75) is 57.6 Å². The monoisotopic (exact) mass is 659 g/mol. The Labute approximate surface area is 257 Å². The summed E-state index contributed by atoms with van der Waals surface area (Å²) >= 11 is 3.42. The van der Waals surface area contributed by atoms with E-state index in [1.165, 1.54) is 37.3 Å². The normalized spacial score (nSPS) is 12.6. The molecule has 0 fully saturated rings. The Morgan fingerprint density at radius 3 is 2.17 bits per heavy atom. The summed E-state index contributed by atoms with van der Waals surface area (Å²) in [6.07, 6.45) is 0.720. The number of nitrogens with zero attached hydrogens (tertiary/aromatic N) is 2. The van der Waals surface area contributed by atoms with Gasteiger partial charge in [-0.25, -0.2) is 8.42 Å². The molecule has 3 aromatic rings. The van der Waals surface area contributed by atoms with Gasteiger partial charge in [-0.15, -0.1) is 0 Å². The number of nitrogens with one attached hydrogen (secondary N) is 1. The average molecular weight is 661 g/mol. The number of ether oxygens (including phenoxy) is 2. The van der Waals surface area contributed by atoms with E-state index < -0.39 is 28.5 Å². The van der Waals surface area contributed by atoms with Crippen LogP contribution in [0.25, 0.3) is 0 Å². The van der Waals surface area contributed by atoms with Gasteiger partial charge in [-0.2, -0.15) is 0 Å². The Kier molecular flexibility index (Phi) is 11.4. The number of methoxy groups -OCH3 is 2. The molecule has 3 rings (SSSR count). The number of anilines is 1. The van der Waals surface area contributed by atoms with Gasteiger partial charge in [0.25, 0.3) is 10.0 Å². The molecule has 0 bridgehead atoms. The van der Waals surface area contributed by atoms with Crippen molar-refractivity contribution in [1.29, 1.82) is 0 Å². The van der Waals surface area contributed by atoms with Gasteiger partial charge in [0.05, 0.1) is 24.8 Å². The first-order valence-electron chi connectivity index (χ1n) is 13.6. The van der Waals surface area contributed by atoms with Crippen molar-refractivity contribution < 1.29 is 27.5 Å². The third-order valence-corrected chi connectivity index (χ3v) is 9.28. The van der Waals surface area contributed by atoms with E-state index in [9.17, 15) is 18.0 Å². The molecule has 3 aromatic carbocycles. The minimum absolute atomic E-state index is 0.00722. The van der Waals surface area contributed by atoms with E-state index in [1.807, 2.05) is 45.0 Å². The first kappa shape index (κ1) is 32.9. The molecule has 0 heterocycles. The summed E-state index contributed by atoms with van der Waals surface area (Å²) in [5.41, 5.74) is 1.80. The topological polar surface area (TPSA) is 105 Å². The molecule has 1 N–H and O–H groups in total. The zero-order chi connectivity index (χ0) is 31.0. The van der Waals surface area contributed by atoms with Gasteiger partial charge in [0.2, 0.25) is 11.8 Å². The van der Waals surface area contributed by atoms with Gasteiger partial charge in [-0.05, 0) is 69.2 Å². The van der Waals surface area contributed by atoms with Crippen LogP contribution in [0.4, 0.5) is 5.69 Å². The lowest BCUT2D eigenvalue weighted by molar-refractivity contribution is -0.139. The first-order chi connectivity index (χ1) is 19.9. The quantitative estimate of drug-likeness (QED) is 0.267. The third-order valence-electron chi connectivity index (χ3n) is 6.98. The van der Waals surface area contributed by atoms with Gasteiger partial charge in [0.15, 0.2) is 0 Å². The Morgan fingerprint density at radius 1 is 0.952 bits per heavy atom. The molecule has 0 aliphatic heterocycles. The van der Waals surface area contributed by atoms with Crippen LogP contribution in [-0.4, -0.2) is 58.0 Å². The SMILES string of the molecule is CC[C@H](C)NC(=O)[C@@H](C)N(Cc1ccc(Br)cc1)C(=O)CN(c1cc(OC)ccc1OC)S(=O)(=O)c1ccc(C)cc1. The van der Waals surface area contributed by atoms with Crippen LogP contribution in [0.1, 0.15) is 38.3 Å². The second kappa shape index (κ2) is 14.6. The average Bonchev–Trinajstić information content (AvgIpc) is 2.98. The molecule has 2 amide bonds. The summed E-state index contributed by atoms with van der Waals surface area (Å²) in [7, 11) is -1.37. The maximum atomic E-state index is 14.1. The molecule has 0 unspecified atom stereocenters. The van der Waals surface area contributed by atoms with Gasteiger partial charge in [0, 0.05) is 23.1 Å². The highest BCUT2D eigenvalue weighted by atomic mass is 79.9. The molecular weight excluding hydrogens is 622 g/mol. The van der Waals surface area contributed by atoms with Crippen molar-refractivity contribution >= 4 is 43.5 Å². The van der Waals surface area contributed by atoms with Crippen LogP contribution in [-0.2, 0) is 26.2 Å². The Morgan fingerprint density at radius 2 is 1.60 bits per heavy atom. The zero-order valence-electron chi connectivity index (χ0n) is 24.8. The van der Waals surface area contributed by atoms with Crippen LogP contribution in [0, 0.1) is 6.92 Å². The summed E-state index contributed by atoms with van der Waals surface area (Å²) in [5.74, 6) is -0.274. The molecule has 0 aliphatic rings. The van der Waals surface area contributed by atoms with E-state index in [-0.39, 0.29) is 34.8 Å². The van der Waals surface area contributed by atoms with E-state index in [0.717, 1.165) is 26.3 Å². The fraction of sp³-hybridized carbons (Fsp3) is 0.355. The molecule has 9 nitrogen and oxygen atoms in total. The van der Waals surface area contributed by atoms with Gasteiger partial charge < -0.3 is 19.7 Å². The molecule has 11 heteroatoms. The molecule has 0 spiro atoms. The third kappa shape index (κ3) is 8.04. The van der Waals surface area contributed by atoms with Gasteiger partial charge in [-0.1, -0.05) is 52.7 Å². The number of hydrogen-bond donors (Lipinski definition) is 1. The van der Waals surface area contributed by atoms with Crippen LogP contribution in [0.3, 0.4) is 0 Å². The fourth-order valence-electron chi connectivity index (χ4n) is 4.18. The Balaban J connectivity index is 2.11. The van der Waals surface area contributed by atoms with E-state index in [2.05, 4.69) is 21.2 Å². The number of halogens is 1. The first-order valence-corrected chi connectivity index (χ1v) is 15.8. The molecular formula is C31H38BrN3O6S. The van der Waals surface area contributed by atoms with Gasteiger partial charge in [0.1, 0.15) is 24.1 Å². The van der Waals surface area contributed by atoms with Crippen LogP contribution >= 0.6 is 15.9 Å². The van der Waals surface area contributed by atoms with Crippen molar-refractivity contribution in [3.05, 3.63) is 82.3 Å². The Bertz CT molecular complexity index is 1480. The smallest absolute Gasteiger partial charge is 0.264 e. The second-order valence-electron chi connectivity index (χ2n) is 10.0. The van der Waals surface area contributed by atoms with E-state index in [4.69, 9.17) is 9.47 Å². The minimum atomic E-state index is -4.26. The highest BCUT2D eigenvalue weighted by Gasteiger charge is 2.34. The molecule has 0 aromatic heterocycles. The lowest BCUT2D eigenvalue weighted by Gasteiger charge is -2.33. The Hall–Kier alpha value is -3.57. The van der Waals surface area contributed by atoms with Crippen molar-refractivity contribution in [3.8, 4) is 11.5 Å². The van der Waals surface area contributed by atoms with Gasteiger partial charge >= 0.3 is 0 Å². The largest absolute Gasteiger partial charge is 0.497 e. The number of carbonyl (C=O) groups excluding carboxylic acids is 2. The van der Waals surface area contributed by atoms with Crippen molar-refractivity contribution in [2.24, 2.45) is 0 Å². The lowest BCUT2D eigenvalue weighted by Crippen LogP contribution is -2.52. The molecule has 2 atom stereocenters. The molecule has 42 heavy (non-hydrogen) atoms. The number of amides is 2. The highest BCUT2D eigenvalue weighted by molar-refractivity contribution is 9.10. The van der Waals surface area contributed by atoms with E-state index >= 15 is 0 Å². The number of benzene rings is 3.